The van der Waals surface area contributed by atoms with Crippen LogP contribution in [0, 0.1) is 6.92 Å². The number of unbranched alkanes of at least 4 members (excludes halogenated alkanes) is 3. The van der Waals surface area contributed by atoms with Crippen molar-refractivity contribution in [3.05, 3.63) is 41.4 Å². The number of aryl methyl sites for hydroxylation is 1. The van der Waals surface area contributed by atoms with Crippen LogP contribution in [0.2, 0.25) is 0 Å². The first-order valence-electron chi connectivity index (χ1n) is 6.78. The second kappa shape index (κ2) is 8.25. The van der Waals surface area contributed by atoms with Gasteiger partial charge in [-0.25, -0.2) is 0 Å². The van der Waals surface area contributed by atoms with Gasteiger partial charge in [0, 0.05) is 18.5 Å². The van der Waals surface area contributed by atoms with E-state index in [1.807, 2.05) is 0 Å². The highest BCUT2D eigenvalue weighted by molar-refractivity contribution is 8.03. The molecule has 1 nitrogen and oxygen atoms in total. The third-order valence-corrected chi connectivity index (χ3v) is 4.32. The SMILES string of the molecule is C=C(Sc1ccccc1C)N(C)CCCCCC. The highest BCUT2D eigenvalue weighted by atomic mass is 32.2. The molecule has 18 heavy (non-hydrogen) atoms. The Bertz CT molecular complexity index is 373. The molecule has 0 bridgehead atoms. The van der Waals surface area contributed by atoms with Crippen LogP contribution in [0.1, 0.15) is 38.2 Å². The van der Waals surface area contributed by atoms with Gasteiger partial charge in [0.2, 0.25) is 0 Å². The van der Waals surface area contributed by atoms with Crippen molar-refractivity contribution >= 4 is 11.8 Å². The second-order valence-corrected chi connectivity index (χ2v) is 5.86. The van der Waals surface area contributed by atoms with E-state index in [-0.39, 0.29) is 0 Å². The second-order valence-electron chi connectivity index (χ2n) is 4.74. The van der Waals surface area contributed by atoms with Crippen molar-refractivity contribution in [2.45, 2.75) is 44.4 Å². The predicted octanol–water partition coefficient (Wildman–Crippen LogP) is 5.07. The van der Waals surface area contributed by atoms with Crippen LogP contribution in [0.3, 0.4) is 0 Å². The predicted molar refractivity (Wildman–Crippen MR) is 82.9 cm³/mol. The van der Waals surface area contributed by atoms with Crippen molar-refractivity contribution in [3.63, 3.8) is 0 Å². The van der Waals surface area contributed by atoms with Crippen LogP contribution in [0.5, 0.6) is 0 Å². The quantitative estimate of drug-likeness (QED) is 0.476. The van der Waals surface area contributed by atoms with Crippen molar-refractivity contribution in [1.29, 1.82) is 0 Å². The van der Waals surface area contributed by atoms with Gasteiger partial charge in [-0.1, -0.05) is 62.7 Å². The molecule has 0 amide bonds. The smallest absolute Gasteiger partial charge is 0.0680 e. The van der Waals surface area contributed by atoms with Gasteiger partial charge in [-0.15, -0.1) is 0 Å². The topological polar surface area (TPSA) is 3.24 Å². The zero-order chi connectivity index (χ0) is 13.4. The van der Waals surface area contributed by atoms with Gasteiger partial charge in [-0.3, -0.25) is 0 Å². The Kier molecular flexibility index (Phi) is 6.96. The Morgan fingerprint density at radius 3 is 2.61 bits per heavy atom. The molecule has 0 aromatic heterocycles. The van der Waals surface area contributed by atoms with Crippen LogP contribution in [-0.4, -0.2) is 18.5 Å². The Morgan fingerprint density at radius 1 is 1.22 bits per heavy atom. The lowest BCUT2D eigenvalue weighted by atomic mass is 10.2. The third kappa shape index (κ3) is 5.18. The Morgan fingerprint density at radius 2 is 1.94 bits per heavy atom. The van der Waals surface area contributed by atoms with Crippen LogP contribution in [-0.2, 0) is 0 Å². The fourth-order valence-corrected chi connectivity index (χ4v) is 2.65. The van der Waals surface area contributed by atoms with E-state index in [2.05, 4.69) is 56.6 Å². The molecule has 0 aliphatic carbocycles. The number of hydrogen-bond acceptors (Lipinski definition) is 2. The van der Waals surface area contributed by atoms with Crippen molar-refractivity contribution < 1.29 is 0 Å². The summed E-state index contributed by atoms with van der Waals surface area (Å²) in [5.41, 5.74) is 1.32. The van der Waals surface area contributed by atoms with E-state index < -0.39 is 0 Å². The van der Waals surface area contributed by atoms with Gasteiger partial charge in [-0.2, -0.15) is 0 Å². The molecule has 0 atom stereocenters. The average molecular weight is 263 g/mol. The Labute approximate surface area is 116 Å². The van der Waals surface area contributed by atoms with Gasteiger partial charge < -0.3 is 4.90 Å². The summed E-state index contributed by atoms with van der Waals surface area (Å²) in [7, 11) is 2.14. The van der Waals surface area contributed by atoms with E-state index >= 15 is 0 Å². The first-order valence-corrected chi connectivity index (χ1v) is 7.60. The summed E-state index contributed by atoms with van der Waals surface area (Å²) < 4.78 is 0. The van der Waals surface area contributed by atoms with Crippen LogP contribution in [0.25, 0.3) is 0 Å². The van der Waals surface area contributed by atoms with Crippen LogP contribution < -0.4 is 0 Å². The first kappa shape index (κ1) is 15.2. The van der Waals surface area contributed by atoms with E-state index in [4.69, 9.17) is 0 Å². The van der Waals surface area contributed by atoms with Gasteiger partial charge in [-0.05, 0) is 25.0 Å². The zero-order valence-electron chi connectivity index (χ0n) is 11.9. The maximum atomic E-state index is 4.18. The summed E-state index contributed by atoms with van der Waals surface area (Å²) in [5.74, 6) is 0. The molecule has 0 saturated carbocycles. The molecule has 0 heterocycles. The largest absolute Gasteiger partial charge is 0.370 e. The molecule has 0 N–H and O–H groups in total. The Hall–Kier alpha value is -0.890. The van der Waals surface area contributed by atoms with Gasteiger partial charge in [0.05, 0.1) is 5.03 Å². The summed E-state index contributed by atoms with van der Waals surface area (Å²) >= 11 is 1.77. The fourth-order valence-electron chi connectivity index (χ4n) is 1.78. The number of hydrogen-bond donors (Lipinski definition) is 0. The Balaban J connectivity index is 2.38. The average Bonchev–Trinajstić information content (AvgIpc) is 2.37. The lowest BCUT2D eigenvalue weighted by molar-refractivity contribution is 0.424. The molecule has 0 saturated heterocycles. The van der Waals surface area contributed by atoms with Gasteiger partial charge in [0.15, 0.2) is 0 Å². The van der Waals surface area contributed by atoms with E-state index in [0.29, 0.717) is 0 Å². The van der Waals surface area contributed by atoms with Crippen molar-refractivity contribution in [2.24, 2.45) is 0 Å². The molecular formula is C16H25NS. The molecule has 0 radical (unpaired) electrons. The minimum atomic E-state index is 1.11. The summed E-state index contributed by atoms with van der Waals surface area (Å²) in [4.78, 5) is 3.58. The molecular weight excluding hydrogens is 238 g/mol. The molecule has 100 valence electrons. The highest BCUT2D eigenvalue weighted by Crippen LogP contribution is 2.29. The molecule has 1 aromatic rings. The van der Waals surface area contributed by atoms with Gasteiger partial charge in [0.1, 0.15) is 0 Å². The number of benzene rings is 1. The van der Waals surface area contributed by atoms with E-state index in [1.54, 1.807) is 11.8 Å². The van der Waals surface area contributed by atoms with E-state index in [9.17, 15) is 0 Å². The first-order chi connectivity index (χ1) is 8.65. The maximum absolute atomic E-state index is 4.18. The molecule has 1 rings (SSSR count). The molecule has 0 spiro atoms. The van der Waals surface area contributed by atoms with Crippen molar-refractivity contribution in [3.8, 4) is 0 Å². The summed E-state index contributed by atoms with van der Waals surface area (Å²) in [5, 5.41) is 1.14. The molecule has 2 heteroatoms. The fraction of sp³-hybridized carbons (Fsp3) is 0.500. The van der Waals surface area contributed by atoms with Crippen LogP contribution >= 0.6 is 11.8 Å². The molecule has 0 unspecified atom stereocenters. The van der Waals surface area contributed by atoms with E-state index in [1.165, 1.54) is 36.1 Å². The van der Waals surface area contributed by atoms with E-state index in [0.717, 1.165) is 11.6 Å². The van der Waals surface area contributed by atoms with Gasteiger partial charge in [0.25, 0.3) is 0 Å². The van der Waals surface area contributed by atoms with Crippen molar-refractivity contribution in [2.75, 3.05) is 13.6 Å². The van der Waals surface area contributed by atoms with Crippen molar-refractivity contribution in [1.82, 2.24) is 4.90 Å². The summed E-state index contributed by atoms with van der Waals surface area (Å²) in [6.07, 6.45) is 5.22. The molecule has 0 aliphatic rings. The number of nitrogens with zero attached hydrogens (tertiary/aromatic N) is 1. The summed E-state index contributed by atoms with van der Waals surface area (Å²) in [6.45, 7) is 9.68. The monoisotopic (exact) mass is 263 g/mol. The zero-order valence-corrected chi connectivity index (χ0v) is 12.7. The lowest BCUT2D eigenvalue weighted by Crippen LogP contribution is -2.16. The number of thioether (sulfide) groups is 1. The highest BCUT2D eigenvalue weighted by Gasteiger charge is 2.05. The minimum absolute atomic E-state index is 1.11. The molecule has 0 aliphatic heterocycles. The lowest BCUT2D eigenvalue weighted by Gasteiger charge is -2.21. The van der Waals surface area contributed by atoms with Crippen LogP contribution in [0.15, 0.2) is 40.8 Å². The normalized spacial score (nSPS) is 10.4. The maximum Gasteiger partial charge on any atom is 0.0680 e. The van der Waals surface area contributed by atoms with Gasteiger partial charge >= 0.3 is 0 Å². The number of rotatable bonds is 8. The van der Waals surface area contributed by atoms with Crippen LogP contribution in [0.4, 0.5) is 0 Å². The standard InChI is InChI=1S/C16H25NS/c1-5-6-7-10-13-17(4)15(3)18-16-12-9-8-11-14(16)2/h8-9,11-12H,3,5-7,10,13H2,1-2,4H3. The minimum Gasteiger partial charge on any atom is -0.370 e. The third-order valence-electron chi connectivity index (χ3n) is 3.09. The molecule has 0 fully saturated rings. The molecule has 1 aromatic carbocycles. The summed E-state index contributed by atoms with van der Waals surface area (Å²) in [6, 6.07) is 8.48.